The van der Waals surface area contributed by atoms with Gasteiger partial charge >= 0.3 is 0 Å². The molecule has 0 amide bonds. The third-order valence-electron chi connectivity index (χ3n) is 2.94. The Bertz CT molecular complexity index is 264. The molecule has 0 saturated heterocycles. The zero-order chi connectivity index (χ0) is 11.9. The lowest BCUT2D eigenvalue weighted by Crippen LogP contribution is -2.28. The predicted molar refractivity (Wildman–Crippen MR) is 68.3 cm³/mol. The first-order valence-electron chi connectivity index (χ1n) is 6.37. The average Bonchev–Trinajstić information content (AvgIpc) is 2.70. The molecule has 1 aromatic heterocycles. The number of hydrogen-bond acceptors (Lipinski definition) is 2. The number of rotatable bonds is 8. The second-order valence-electron chi connectivity index (χ2n) is 5.30. The van der Waals surface area contributed by atoms with E-state index in [9.17, 15) is 0 Å². The molecule has 0 atom stereocenters. The van der Waals surface area contributed by atoms with Crippen molar-refractivity contribution in [2.24, 2.45) is 5.41 Å². The first kappa shape index (κ1) is 13.3. The Hall–Kier alpha value is -0.760. The molecule has 0 spiro atoms. The van der Waals surface area contributed by atoms with E-state index in [0.717, 1.165) is 18.8 Å². The highest BCUT2D eigenvalue weighted by atomic mass is 16.3. The molecule has 1 N–H and O–H groups in total. The first-order valence-corrected chi connectivity index (χ1v) is 6.37. The summed E-state index contributed by atoms with van der Waals surface area (Å²) >= 11 is 0. The Labute approximate surface area is 99.4 Å². The van der Waals surface area contributed by atoms with E-state index in [4.69, 9.17) is 4.42 Å². The molecule has 0 aliphatic rings. The molecule has 0 radical (unpaired) electrons. The van der Waals surface area contributed by atoms with Crippen LogP contribution >= 0.6 is 0 Å². The van der Waals surface area contributed by atoms with Gasteiger partial charge in [-0.2, -0.15) is 0 Å². The number of nitrogens with one attached hydrogen (secondary N) is 1. The van der Waals surface area contributed by atoms with Crippen molar-refractivity contribution in [1.29, 1.82) is 0 Å². The first-order chi connectivity index (χ1) is 7.64. The fraction of sp³-hybridized carbons (Fsp3) is 0.714. The summed E-state index contributed by atoms with van der Waals surface area (Å²) in [6, 6.07) is 3.94. The van der Waals surface area contributed by atoms with Gasteiger partial charge in [-0.1, -0.05) is 40.0 Å². The minimum atomic E-state index is 0.391. The summed E-state index contributed by atoms with van der Waals surface area (Å²) in [6.45, 7) is 8.80. The van der Waals surface area contributed by atoms with Crippen LogP contribution in [0.4, 0.5) is 0 Å². The van der Waals surface area contributed by atoms with E-state index in [-0.39, 0.29) is 0 Å². The van der Waals surface area contributed by atoms with Gasteiger partial charge < -0.3 is 9.73 Å². The van der Waals surface area contributed by atoms with Crippen molar-refractivity contribution in [3.05, 3.63) is 24.2 Å². The lowest BCUT2D eigenvalue weighted by atomic mass is 9.87. The zero-order valence-corrected chi connectivity index (χ0v) is 10.9. The smallest absolute Gasteiger partial charge is 0.117 e. The molecule has 0 saturated carbocycles. The van der Waals surface area contributed by atoms with Gasteiger partial charge in [0.05, 0.1) is 12.8 Å². The van der Waals surface area contributed by atoms with Crippen LogP contribution in [0.5, 0.6) is 0 Å². The molecule has 92 valence electrons. The van der Waals surface area contributed by atoms with E-state index in [2.05, 4.69) is 26.1 Å². The minimum absolute atomic E-state index is 0.391. The van der Waals surface area contributed by atoms with E-state index in [1.807, 2.05) is 12.1 Å². The third-order valence-corrected chi connectivity index (χ3v) is 2.94. The van der Waals surface area contributed by atoms with E-state index in [0.29, 0.717) is 5.41 Å². The monoisotopic (exact) mass is 223 g/mol. The highest BCUT2D eigenvalue weighted by Crippen LogP contribution is 2.22. The van der Waals surface area contributed by atoms with Gasteiger partial charge in [0.1, 0.15) is 5.76 Å². The van der Waals surface area contributed by atoms with Crippen molar-refractivity contribution < 1.29 is 4.42 Å². The Morgan fingerprint density at radius 3 is 2.75 bits per heavy atom. The molecule has 0 aromatic carbocycles. The van der Waals surface area contributed by atoms with Crippen molar-refractivity contribution >= 4 is 0 Å². The van der Waals surface area contributed by atoms with Crippen molar-refractivity contribution in [3.63, 3.8) is 0 Å². The molecule has 0 bridgehead atoms. The largest absolute Gasteiger partial charge is 0.468 e. The van der Waals surface area contributed by atoms with Crippen LogP contribution in [-0.4, -0.2) is 6.54 Å². The predicted octanol–water partition coefficient (Wildman–Crippen LogP) is 3.98. The van der Waals surface area contributed by atoms with Crippen LogP contribution in [-0.2, 0) is 6.54 Å². The number of unbranched alkanes of at least 4 members (excludes halogenated alkanes) is 2. The quantitative estimate of drug-likeness (QED) is 0.674. The molecule has 0 fully saturated rings. The van der Waals surface area contributed by atoms with Gasteiger partial charge in [0, 0.05) is 6.54 Å². The zero-order valence-electron chi connectivity index (χ0n) is 10.9. The van der Waals surface area contributed by atoms with Gasteiger partial charge in [-0.3, -0.25) is 0 Å². The molecule has 2 heteroatoms. The second kappa shape index (κ2) is 6.74. The Morgan fingerprint density at radius 1 is 1.31 bits per heavy atom. The second-order valence-corrected chi connectivity index (χ2v) is 5.30. The number of hydrogen-bond donors (Lipinski definition) is 1. The fourth-order valence-corrected chi connectivity index (χ4v) is 1.88. The Kier molecular flexibility index (Phi) is 5.61. The van der Waals surface area contributed by atoms with Gasteiger partial charge in [0.2, 0.25) is 0 Å². The van der Waals surface area contributed by atoms with E-state index < -0.39 is 0 Å². The van der Waals surface area contributed by atoms with Gasteiger partial charge in [-0.25, -0.2) is 0 Å². The van der Waals surface area contributed by atoms with Crippen molar-refractivity contribution in [2.45, 2.75) is 53.0 Å². The molecule has 2 nitrogen and oxygen atoms in total. The standard InChI is InChI=1S/C14H25NO/c1-4-5-6-9-14(2,3)12-15-11-13-8-7-10-16-13/h7-8,10,15H,4-6,9,11-12H2,1-3H3. The van der Waals surface area contributed by atoms with Crippen LogP contribution in [0.25, 0.3) is 0 Å². The summed E-state index contributed by atoms with van der Waals surface area (Å²) < 4.78 is 5.28. The Morgan fingerprint density at radius 2 is 2.12 bits per heavy atom. The van der Waals surface area contributed by atoms with Gasteiger partial charge in [0.15, 0.2) is 0 Å². The van der Waals surface area contributed by atoms with Crippen LogP contribution in [0.3, 0.4) is 0 Å². The van der Waals surface area contributed by atoms with Crippen molar-refractivity contribution in [1.82, 2.24) is 5.32 Å². The maximum Gasteiger partial charge on any atom is 0.117 e. The molecule has 1 aromatic rings. The van der Waals surface area contributed by atoms with Crippen LogP contribution in [0, 0.1) is 5.41 Å². The summed E-state index contributed by atoms with van der Waals surface area (Å²) in [5.74, 6) is 1.02. The topological polar surface area (TPSA) is 25.2 Å². The van der Waals surface area contributed by atoms with E-state index >= 15 is 0 Å². The van der Waals surface area contributed by atoms with Crippen molar-refractivity contribution in [3.8, 4) is 0 Å². The summed E-state index contributed by atoms with van der Waals surface area (Å²) in [5.41, 5.74) is 0.391. The van der Waals surface area contributed by atoms with Crippen molar-refractivity contribution in [2.75, 3.05) is 6.54 Å². The maximum atomic E-state index is 5.28. The summed E-state index contributed by atoms with van der Waals surface area (Å²) in [5, 5.41) is 3.46. The highest BCUT2D eigenvalue weighted by molar-refractivity contribution is 4.97. The Balaban J connectivity index is 2.14. The lowest BCUT2D eigenvalue weighted by molar-refractivity contribution is 0.297. The normalized spacial score (nSPS) is 11.9. The van der Waals surface area contributed by atoms with Crippen LogP contribution in [0.15, 0.2) is 22.8 Å². The molecular weight excluding hydrogens is 198 g/mol. The lowest BCUT2D eigenvalue weighted by Gasteiger charge is -2.24. The number of furan rings is 1. The summed E-state index contributed by atoms with van der Waals surface area (Å²) in [4.78, 5) is 0. The van der Waals surface area contributed by atoms with Crippen LogP contribution in [0.2, 0.25) is 0 Å². The molecule has 0 aliphatic carbocycles. The third kappa shape index (κ3) is 5.36. The van der Waals surface area contributed by atoms with Gasteiger partial charge in [-0.15, -0.1) is 0 Å². The van der Waals surface area contributed by atoms with Gasteiger partial charge in [0.25, 0.3) is 0 Å². The molecule has 1 heterocycles. The molecule has 1 rings (SSSR count). The summed E-state index contributed by atoms with van der Waals surface area (Å²) in [6.07, 6.45) is 7.01. The SMILES string of the molecule is CCCCCC(C)(C)CNCc1ccco1. The van der Waals surface area contributed by atoms with Crippen LogP contribution < -0.4 is 5.32 Å². The molecule has 16 heavy (non-hydrogen) atoms. The molecular formula is C14H25NO. The van der Waals surface area contributed by atoms with E-state index in [1.165, 1.54) is 25.7 Å². The molecule has 0 aliphatic heterocycles. The van der Waals surface area contributed by atoms with Gasteiger partial charge in [-0.05, 0) is 24.0 Å². The minimum Gasteiger partial charge on any atom is -0.468 e. The fourth-order valence-electron chi connectivity index (χ4n) is 1.88. The maximum absolute atomic E-state index is 5.28. The van der Waals surface area contributed by atoms with E-state index in [1.54, 1.807) is 6.26 Å². The van der Waals surface area contributed by atoms with Crippen LogP contribution in [0.1, 0.15) is 52.2 Å². The molecule has 0 unspecified atom stereocenters. The highest BCUT2D eigenvalue weighted by Gasteiger charge is 2.16. The average molecular weight is 223 g/mol. The summed E-state index contributed by atoms with van der Waals surface area (Å²) in [7, 11) is 0.